The Bertz CT molecular complexity index is 1080. The van der Waals surface area contributed by atoms with Crippen LogP contribution in [0.4, 0.5) is 5.69 Å². The first-order valence-corrected chi connectivity index (χ1v) is 12.7. The molecule has 0 radical (unpaired) electrons. The third kappa shape index (κ3) is 5.17. The van der Waals surface area contributed by atoms with E-state index < -0.39 is 9.84 Å². The molecule has 9 heteroatoms. The maximum absolute atomic E-state index is 12.5. The zero-order chi connectivity index (χ0) is 21.7. The smallest absolute Gasteiger partial charge is 0.191 e. The van der Waals surface area contributed by atoms with E-state index in [0.717, 1.165) is 24.5 Å². The van der Waals surface area contributed by atoms with Gasteiger partial charge in [0.2, 0.25) is 0 Å². The number of benzene rings is 2. The summed E-state index contributed by atoms with van der Waals surface area (Å²) in [5.74, 6) is 1.15. The summed E-state index contributed by atoms with van der Waals surface area (Å²) in [5, 5.41) is 9.74. The molecule has 0 fully saturated rings. The van der Waals surface area contributed by atoms with E-state index in [1.165, 1.54) is 29.6 Å². The minimum absolute atomic E-state index is 0.0139. The molecular formula is C21H25ClN4O2S2. The Morgan fingerprint density at radius 1 is 1.00 bits per heavy atom. The molecule has 3 aromatic rings. The molecule has 0 amide bonds. The number of nitrogens with zero attached hydrogens (tertiary/aromatic N) is 4. The Labute approximate surface area is 187 Å². The molecule has 1 aromatic heterocycles. The van der Waals surface area contributed by atoms with Crippen molar-refractivity contribution in [2.24, 2.45) is 7.05 Å². The van der Waals surface area contributed by atoms with Gasteiger partial charge in [0.15, 0.2) is 20.8 Å². The van der Waals surface area contributed by atoms with Gasteiger partial charge in [-0.3, -0.25) is 0 Å². The Kier molecular flexibility index (Phi) is 7.44. The summed E-state index contributed by atoms with van der Waals surface area (Å²) >= 11 is 7.21. The highest BCUT2D eigenvalue weighted by Crippen LogP contribution is 2.25. The number of rotatable bonds is 9. The molecule has 0 spiro atoms. The lowest BCUT2D eigenvalue weighted by Gasteiger charge is -2.21. The Balaban J connectivity index is 1.66. The van der Waals surface area contributed by atoms with Crippen LogP contribution in [0.2, 0.25) is 5.02 Å². The summed E-state index contributed by atoms with van der Waals surface area (Å²) in [7, 11) is -1.47. The Morgan fingerprint density at radius 2 is 1.63 bits per heavy atom. The van der Waals surface area contributed by atoms with Crippen LogP contribution >= 0.6 is 23.4 Å². The van der Waals surface area contributed by atoms with E-state index in [2.05, 4.69) is 41.1 Å². The fourth-order valence-electron chi connectivity index (χ4n) is 3.10. The van der Waals surface area contributed by atoms with Crippen molar-refractivity contribution in [3.05, 3.63) is 53.6 Å². The van der Waals surface area contributed by atoms with Crippen LogP contribution in [0.15, 0.2) is 58.6 Å². The SMILES string of the molecule is CCN(CC)c1ccc(-c2nnc(SCCS(=O)(=O)c3ccc(Cl)cc3)n2C)cc1. The minimum atomic E-state index is -3.37. The lowest BCUT2D eigenvalue weighted by atomic mass is 10.2. The summed E-state index contributed by atoms with van der Waals surface area (Å²) in [6.07, 6.45) is 0. The van der Waals surface area contributed by atoms with E-state index in [-0.39, 0.29) is 10.6 Å². The van der Waals surface area contributed by atoms with Crippen molar-refractivity contribution in [3.63, 3.8) is 0 Å². The lowest BCUT2D eigenvalue weighted by Crippen LogP contribution is -2.21. The van der Waals surface area contributed by atoms with Crippen LogP contribution in [0, 0.1) is 0 Å². The highest BCUT2D eigenvalue weighted by atomic mass is 35.5. The van der Waals surface area contributed by atoms with Crippen molar-refractivity contribution in [1.82, 2.24) is 14.8 Å². The largest absolute Gasteiger partial charge is 0.372 e. The van der Waals surface area contributed by atoms with Crippen molar-refractivity contribution in [3.8, 4) is 11.4 Å². The second kappa shape index (κ2) is 9.85. The van der Waals surface area contributed by atoms with Gasteiger partial charge in [0.25, 0.3) is 0 Å². The number of aromatic nitrogens is 3. The van der Waals surface area contributed by atoms with E-state index in [9.17, 15) is 8.42 Å². The average molecular weight is 465 g/mol. The van der Waals surface area contributed by atoms with Crippen molar-refractivity contribution in [2.75, 3.05) is 29.5 Å². The molecule has 0 N–H and O–H groups in total. The second-order valence-corrected chi connectivity index (χ2v) is 10.3. The van der Waals surface area contributed by atoms with Gasteiger partial charge in [0, 0.05) is 42.2 Å². The van der Waals surface area contributed by atoms with Crippen molar-refractivity contribution in [2.45, 2.75) is 23.9 Å². The van der Waals surface area contributed by atoms with E-state index in [4.69, 9.17) is 11.6 Å². The van der Waals surface area contributed by atoms with E-state index in [1.54, 1.807) is 12.1 Å². The van der Waals surface area contributed by atoms with Gasteiger partial charge in [0.1, 0.15) is 0 Å². The van der Waals surface area contributed by atoms with Crippen LogP contribution in [0.5, 0.6) is 0 Å². The Hall–Kier alpha value is -2.03. The second-order valence-electron chi connectivity index (χ2n) is 6.71. The van der Waals surface area contributed by atoms with Gasteiger partial charge in [-0.05, 0) is 62.4 Å². The van der Waals surface area contributed by atoms with Gasteiger partial charge in [0.05, 0.1) is 10.6 Å². The van der Waals surface area contributed by atoms with Crippen molar-refractivity contribution >= 4 is 38.9 Å². The fraction of sp³-hybridized carbons (Fsp3) is 0.333. The molecule has 3 rings (SSSR count). The quantitative estimate of drug-likeness (QED) is 0.433. The number of hydrogen-bond acceptors (Lipinski definition) is 6. The van der Waals surface area contributed by atoms with Gasteiger partial charge in [-0.15, -0.1) is 10.2 Å². The number of halogens is 1. The van der Waals surface area contributed by atoms with Gasteiger partial charge < -0.3 is 9.47 Å². The third-order valence-electron chi connectivity index (χ3n) is 4.84. The topological polar surface area (TPSA) is 68.1 Å². The number of sulfone groups is 1. The molecule has 0 bridgehead atoms. The van der Waals surface area contributed by atoms with Crippen LogP contribution in [0.1, 0.15) is 13.8 Å². The van der Waals surface area contributed by atoms with Crippen LogP contribution < -0.4 is 4.90 Å². The van der Waals surface area contributed by atoms with Gasteiger partial charge >= 0.3 is 0 Å². The molecule has 1 heterocycles. The van der Waals surface area contributed by atoms with Crippen LogP contribution in [0.25, 0.3) is 11.4 Å². The van der Waals surface area contributed by atoms with Crippen molar-refractivity contribution < 1.29 is 8.42 Å². The van der Waals surface area contributed by atoms with Crippen LogP contribution in [-0.4, -0.2) is 47.8 Å². The van der Waals surface area contributed by atoms with Gasteiger partial charge in [-0.25, -0.2) is 8.42 Å². The summed E-state index contributed by atoms with van der Waals surface area (Å²) in [6, 6.07) is 14.5. The molecule has 160 valence electrons. The molecule has 0 aliphatic rings. The average Bonchev–Trinajstić information content (AvgIpc) is 3.10. The molecule has 2 aromatic carbocycles. The van der Waals surface area contributed by atoms with Crippen LogP contribution in [0.3, 0.4) is 0 Å². The van der Waals surface area contributed by atoms with E-state index >= 15 is 0 Å². The first-order valence-electron chi connectivity index (χ1n) is 9.71. The minimum Gasteiger partial charge on any atom is -0.372 e. The molecular weight excluding hydrogens is 440 g/mol. The number of hydrogen-bond donors (Lipinski definition) is 0. The first-order chi connectivity index (χ1) is 14.4. The molecule has 0 saturated carbocycles. The molecule has 0 saturated heterocycles. The summed E-state index contributed by atoms with van der Waals surface area (Å²) in [6.45, 7) is 6.19. The summed E-state index contributed by atoms with van der Waals surface area (Å²) in [4.78, 5) is 2.56. The number of anilines is 1. The fourth-order valence-corrected chi connectivity index (χ4v) is 5.79. The normalized spacial score (nSPS) is 11.6. The number of thioether (sulfide) groups is 1. The maximum Gasteiger partial charge on any atom is 0.191 e. The lowest BCUT2D eigenvalue weighted by molar-refractivity contribution is 0.597. The summed E-state index contributed by atoms with van der Waals surface area (Å²) in [5.41, 5.74) is 2.15. The van der Waals surface area contributed by atoms with E-state index in [0.29, 0.717) is 15.9 Å². The molecule has 0 unspecified atom stereocenters. The molecule has 6 nitrogen and oxygen atoms in total. The standard InChI is InChI=1S/C21H25ClN4O2S2/c1-4-26(5-2)18-10-6-16(7-11-18)20-23-24-21(25(20)3)29-14-15-30(27,28)19-12-8-17(22)9-13-19/h6-13H,4-5,14-15H2,1-3H3. The van der Waals surface area contributed by atoms with E-state index in [1.807, 2.05) is 23.7 Å². The molecule has 0 atom stereocenters. The monoisotopic (exact) mass is 464 g/mol. The molecule has 0 aliphatic carbocycles. The summed E-state index contributed by atoms with van der Waals surface area (Å²) < 4.78 is 26.9. The van der Waals surface area contributed by atoms with Crippen LogP contribution in [-0.2, 0) is 16.9 Å². The highest BCUT2D eigenvalue weighted by Gasteiger charge is 2.17. The zero-order valence-electron chi connectivity index (χ0n) is 17.2. The highest BCUT2D eigenvalue weighted by molar-refractivity contribution is 8.00. The van der Waals surface area contributed by atoms with Gasteiger partial charge in [-0.1, -0.05) is 23.4 Å². The predicted molar refractivity (Wildman–Crippen MR) is 124 cm³/mol. The zero-order valence-corrected chi connectivity index (χ0v) is 19.6. The first kappa shape index (κ1) is 22.7. The van der Waals surface area contributed by atoms with Crippen molar-refractivity contribution in [1.29, 1.82) is 0 Å². The maximum atomic E-state index is 12.5. The Morgan fingerprint density at radius 3 is 2.23 bits per heavy atom. The van der Waals surface area contributed by atoms with Gasteiger partial charge in [-0.2, -0.15) is 0 Å². The molecule has 0 aliphatic heterocycles. The third-order valence-corrected chi connectivity index (χ3v) is 8.11. The molecule has 30 heavy (non-hydrogen) atoms. The predicted octanol–water partition coefficient (Wildman–Crippen LogP) is 4.55.